The third kappa shape index (κ3) is 7.52. The van der Waals surface area contributed by atoms with Crippen molar-refractivity contribution < 1.29 is 22.7 Å². The summed E-state index contributed by atoms with van der Waals surface area (Å²) in [4.78, 5) is 28.4. The van der Waals surface area contributed by atoms with Gasteiger partial charge in [-0.1, -0.05) is 61.0 Å². The lowest BCUT2D eigenvalue weighted by Gasteiger charge is -2.32. The Labute approximate surface area is 235 Å². The molecule has 1 N–H and O–H groups in total. The minimum Gasteiger partial charge on any atom is -0.497 e. The number of amides is 2. The second-order valence-corrected chi connectivity index (χ2v) is 11.4. The van der Waals surface area contributed by atoms with Crippen molar-refractivity contribution in [1.29, 1.82) is 0 Å². The lowest BCUT2D eigenvalue weighted by Crippen LogP contribution is -2.52. The van der Waals surface area contributed by atoms with Crippen LogP contribution in [0.2, 0.25) is 5.02 Å². The number of benzene rings is 3. The summed E-state index contributed by atoms with van der Waals surface area (Å²) in [6.45, 7) is 4.92. The van der Waals surface area contributed by atoms with Gasteiger partial charge in [-0.05, 0) is 56.2 Å². The fourth-order valence-corrected chi connectivity index (χ4v) is 5.49. The van der Waals surface area contributed by atoms with Crippen molar-refractivity contribution >= 4 is 39.1 Å². The average Bonchev–Trinajstić information content (AvgIpc) is 2.95. The standard InChI is InChI=1S/C29H34ClN3O5S/c1-5-21(2)31-29(35)22(3)32(19-23-12-9-10-17-27(23)30)28(34)20-33(24-13-11-14-25(18-24)38-4)39(36,37)26-15-7-6-8-16-26/h6-18,21-22H,5,19-20H2,1-4H3,(H,31,35)/t21-,22-/m1/s1. The predicted octanol–water partition coefficient (Wildman–Crippen LogP) is 4.88. The highest BCUT2D eigenvalue weighted by Crippen LogP contribution is 2.28. The van der Waals surface area contributed by atoms with Crippen LogP contribution >= 0.6 is 11.6 Å². The molecule has 3 aromatic carbocycles. The van der Waals surface area contributed by atoms with Crippen LogP contribution in [0.4, 0.5) is 5.69 Å². The Balaban J connectivity index is 2.04. The van der Waals surface area contributed by atoms with E-state index in [1.807, 2.05) is 13.8 Å². The molecule has 3 aromatic rings. The summed E-state index contributed by atoms with van der Waals surface area (Å²) in [6, 6.07) is 20.4. The van der Waals surface area contributed by atoms with Crippen molar-refractivity contribution in [2.45, 2.75) is 50.7 Å². The van der Waals surface area contributed by atoms with Crippen LogP contribution in [0.1, 0.15) is 32.8 Å². The van der Waals surface area contributed by atoms with E-state index in [4.69, 9.17) is 16.3 Å². The van der Waals surface area contributed by atoms with E-state index < -0.39 is 28.5 Å². The smallest absolute Gasteiger partial charge is 0.264 e. The summed E-state index contributed by atoms with van der Waals surface area (Å²) in [5.41, 5.74) is 0.885. The third-order valence-corrected chi connectivity index (χ3v) is 8.58. The third-order valence-electron chi connectivity index (χ3n) is 6.42. The Hall–Kier alpha value is -3.56. The van der Waals surface area contributed by atoms with Crippen molar-refractivity contribution in [2.75, 3.05) is 18.0 Å². The maximum atomic E-state index is 13.9. The fourth-order valence-electron chi connectivity index (χ4n) is 3.87. The van der Waals surface area contributed by atoms with Crippen LogP contribution in [-0.2, 0) is 26.2 Å². The van der Waals surface area contributed by atoms with Crippen molar-refractivity contribution in [3.05, 3.63) is 89.4 Å². The first-order chi connectivity index (χ1) is 18.6. The van der Waals surface area contributed by atoms with Gasteiger partial charge < -0.3 is 15.0 Å². The summed E-state index contributed by atoms with van der Waals surface area (Å²) in [5, 5.41) is 3.34. The zero-order valence-electron chi connectivity index (χ0n) is 22.5. The van der Waals surface area contributed by atoms with Gasteiger partial charge in [-0.2, -0.15) is 0 Å². The zero-order valence-corrected chi connectivity index (χ0v) is 24.1. The maximum Gasteiger partial charge on any atom is 0.264 e. The highest BCUT2D eigenvalue weighted by atomic mass is 35.5. The topological polar surface area (TPSA) is 96.0 Å². The van der Waals surface area contributed by atoms with Crippen molar-refractivity contribution in [3.8, 4) is 5.75 Å². The van der Waals surface area contributed by atoms with Gasteiger partial charge in [-0.25, -0.2) is 8.42 Å². The molecule has 0 heterocycles. The van der Waals surface area contributed by atoms with Gasteiger partial charge in [0.2, 0.25) is 11.8 Å². The van der Waals surface area contributed by atoms with E-state index in [2.05, 4.69) is 5.32 Å². The molecular weight excluding hydrogens is 538 g/mol. The molecule has 39 heavy (non-hydrogen) atoms. The number of methoxy groups -OCH3 is 1. The molecule has 0 unspecified atom stereocenters. The van der Waals surface area contributed by atoms with Gasteiger partial charge in [0.1, 0.15) is 18.3 Å². The Morgan fingerprint density at radius 3 is 2.28 bits per heavy atom. The second-order valence-electron chi connectivity index (χ2n) is 9.13. The molecule has 0 aliphatic heterocycles. The fraction of sp³-hybridized carbons (Fsp3) is 0.310. The Kier molecular flexibility index (Phi) is 10.4. The molecule has 0 spiro atoms. The van der Waals surface area contributed by atoms with Crippen molar-refractivity contribution in [2.24, 2.45) is 0 Å². The zero-order chi connectivity index (χ0) is 28.6. The monoisotopic (exact) mass is 571 g/mol. The number of anilines is 1. The van der Waals surface area contributed by atoms with Crippen molar-refractivity contribution in [1.82, 2.24) is 10.2 Å². The van der Waals surface area contributed by atoms with E-state index in [1.165, 1.54) is 24.1 Å². The lowest BCUT2D eigenvalue weighted by atomic mass is 10.1. The number of rotatable bonds is 12. The quantitative estimate of drug-likeness (QED) is 0.334. The normalized spacial score (nSPS) is 12.7. The number of halogens is 1. The highest BCUT2D eigenvalue weighted by molar-refractivity contribution is 7.92. The SMILES string of the molecule is CC[C@@H](C)NC(=O)[C@@H](C)N(Cc1ccccc1Cl)C(=O)CN(c1cccc(OC)c1)S(=O)(=O)c1ccccc1. The summed E-state index contributed by atoms with van der Waals surface area (Å²) in [7, 11) is -2.68. The number of hydrogen-bond acceptors (Lipinski definition) is 5. The van der Waals surface area contributed by atoms with Crippen LogP contribution in [0.25, 0.3) is 0 Å². The molecule has 208 valence electrons. The molecule has 0 saturated heterocycles. The van der Waals surface area contributed by atoms with E-state index in [-0.39, 0.29) is 29.1 Å². The number of ether oxygens (including phenoxy) is 1. The van der Waals surface area contributed by atoms with Gasteiger partial charge in [0, 0.05) is 23.7 Å². The number of sulfonamides is 1. The first-order valence-electron chi connectivity index (χ1n) is 12.6. The minimum absolute atomic E-state index is 0.0188. The molecule has 0 aromatic heterocycles. The van der Waals surface area contributed by atoms with Gasteiger partial charge in [0.15, 0.2) is 0 Å². The van der Waals surface area contributed by atoms with Crippen LogP contribution in [0, 0.1) is 0 Å². The maximum absolute atomic E-state index is 13.9. The van der Waals surface area contributed by atoms with Gasteiger partial charge in [-0.15, -0.1) is 0 Å². The Morgan fingerprint density at radius 2 is 1.64 bits per heavy atom. The van der Waals surface area contributed by atoms with Crippen LogP contribution in [0.3, 0.4) is 0 Å². The molecule has 0 aliphatic carbocycles. The summed E-state index contributed by atoms with van der Waals surface area (Å²) < 4.78 is 33.9. The second kappa shape index (κ2) is 13.5. The van der Waals surface area contributed by atoms with Gasteiger partial charge in [-0.3, -0.25) is 13.9 Å². The largest absolute Gasteiger partial charge is 0.497 e. The molecule has 8 nitrogen and oxygen atoms in total. The predicted molar refractivity (Wildman–Crippen MR) is 153 cm³/mol. The molecule has 2 atom stereocenters. The van der Waals surface area contributed by atoms with E-state index in [0.717, 1.165) is 10.7 Å². The average molecular weight is 572 g/mol. The summed E-state index contributed by atoms with van der Waals surface area (Å²) in [5.74, 6) is -0.477. The number of carbonyl (C=O) groups is 2. The molecule has 0 bridgehead atoms. The first-order valence-corrected chi connectivity index (χ1v) is 14.4. The molecular formula is C29H34ClN3O5S. The van der Waals surface area contributed by atoms with E-state index in [1.54, 1.807) is 73.7 Å². The number of nitrogens with one attached hydrogen (secondary N) is 1. The van der Waals surface area contributed by atoms with Crippen LogP contribution < -0.4 is 14.4 Å². The van der Waals surface area contributed by atoms with Crippen molar-refractivity contribution in [3.63, 3.8) is 0 Å². The molecule has 0 saturated carbocycles. The minimum atomic E-state index is -4.15. The first kappa shape index (κ1) is 30.0. The molecule has 3 rings (SSSR count). The highest BCUT2D eigenvalue weighted by Gasteiger charge is 2.33. The Morgan fingerprint density at radius 1 is 0.974 bits per heavy atom. The van der Waals surface area contributed by atoms with Crippen LogP contribution in [-0.4, -0.2) is 50.9 Å². The van der Waals surface area contributed by atoms with E-state index in [0.29, 0.717) is 16.3 Å². The van der Waals surface area contributed by atoms with Gasteiger partial charge in [0.05, 0.1) is 17.7 Å². The number of nitrogens with zero attached hydrogens (tertiary/aromatic N) is 2. The van der Waals surface area contributed by atoms with E-state index in [9.17, 15) is 18.0 Å². The molecule has 2 amide bonds. The molecule has 0 radical (unpaired) electrons. The molecule has 0 fully saturated rings. The van der Waals surface area contributed by atoms with Gasteiger partial charge >= 0.3 is 0 Å². The van der Waals surface area contributed by atoms with Gasteiger partial charge in [0.25, 0.3) is 10.0 Å². The summed E-state index contributed by atoms with van der Waals surface area (Å²) >= 11 is 6.39. The van der Waals surface area contributed by atoms with E-state index >= 15 is 0 Å². The molecule has 0 aliphatic rings. The number of carbonyl (C=O) groups excluding carboxylic acids is 2. The van der Waals surface area contributed by atoms with Crippen LogP contribution in [0.15, 0.2) is 83.8 Å². The van der Waals surface area contributed by atoms with Crippen LogP contribution in [0.5, 0.6) is 5.75 Å². The molecule has 10 heteroatoms. The lowest BCUT2D eigenvalue weighted by molar-refractivity contribution is -0.139. The Bertz CT molecular complexity index is 1380. The number of hydrogen-bond donors (Lipinski definition) is 1. The summed E-state index contributed by atoms with van der Waals surface area (Å²) in [6.07, 6.45) is 0.718.